The standard InChI is InChI=1S/C12H17N3OS/c1-16-10-4-2-3-9(10)15-11-6-5-8(7-14-11)12(13)17/h5-7,9-10H,2-4H2,1H3,(H2,13,17)(H,14,15). The third-order valence-corrected chi connectivity index (χ3v) is 3.37. The van der Waals surface area contributed by atoms with Crippen LogP contribution in [0, 0.1) is 0 Å². The van der Waals surface area contributed by atoms with Crippen molar-refractivity contribution in [3.05, 3.63) is 23.9 Å². The van der Waals surface area contributed by atoms with E-state index in [1.54, 1.807) is 13.3 Å². The van der Waals surface area contributed by atoms with Gasteiger partial charge in [-0.3, -0.25) is 0 Å². The number of nitrogens with one attached hydrogen (secondary N) is 1. The Morgan fingerprint density at radius 1 is 1.53 bits per heavy atom. The molecule has 1 aliphatic rings. The van der Waals surface area contributed by atoms with Gasteiger partial charge in [0.05, 0.1) is 12.1 Å². The molecule has 1 aromatic rings. The van der Waals surface area contributed by atoms with Gasteiger partial charge in [-0.1, -0.05) is 12.2 Å². The van der Waals surface area contributed by atoms with Crippen LogP contribution in [0.15, 0.2) is 18.3 Å². The molecule has 1 fully saturated rings. The van der Waals surface area contributed by atoms with E-state index in [0.29, 0.717) is 11.0 Å². The zero-order valence-corrected chi connectivity index (χ0v) is 10.7. The molecule has 0 spiro atoms. The minimum Gasteiger partial charge on any atom is -0.389 e. The molecule has 1 aromatic heterocycles. The van der Waals surface area contributed by atoms with E-state index >= 15 is 0 Å². The van der Waals surface area contributed by atoms with Crippen LogP contribution in [0.2, 0.25) is 0 Å². The lowest BCUT2D eigenvalue weighted by atomic mass is 10.2. The van der Waals surface area contributed by atoms with Gasteiger partial charge in [-0.25, -0.2) is 4.98 Å². The first-order valence-electron chi connectivity index (χ1n) is 5.76. The topological polar surface area (TPSA) is 60.2 Å². The fourth-order valence-corrected chi connectivity index (χ4v) is 2.31. The number of rotatable bonds is 4. The molecule has 92 valence electrons. The van der Waals surface area contributed by atoms with Crippen molar-refractivity contribution in [3.63, 3.8) is 0 Å². The third kappa shape index (κ3) is 2.92. The molecule has 1 aliphatic carbocycles. The molecule has 5 heteroatoms. The van der Waals surface area contributed by atoms with Crippen molar-refractivity contribution in [1.29, 1.82) is 0 Å². The lowest BCUT2D eigenvalue weighted by Crippen LogP contribution is -2.30. The molecular formula is C12H17N3OS. The summed E-state index contributed by atoms with van der Waals surface area (Å²) in [6.07, 6.45) is 5.41. The zero-order chi connectivity index (χ0) is 12.3. The van der Waals surface area contributed by atoms with E-state index in [0.717, 1.165) is 24.2 Å². The Kier molecular flexibility index (Phi) is 3.91. The van der Waals surface area contributed by atoms with Gasteiger partial charge in [0.2, 0.25) is 0 Å². The fourth-order valence-electron chi connectivity index (χ4n) is 2.19. The molecule has 2 atom stereocenters. The van der Waals surface area contributed by atoms with Crippen LogP contribution in [0.25, 0.3) is 0 Å². The Bertz CT molecular complexity index is 393. The predicted octanol–water partition coefficient (Wildman–Crippen LogP) is 1.70. The number of nitrogens with two attached hydrogens (primary N) is 1. The summed E-state index contributed by atoms with van der Waals surface area (Å²) in [6, 6.07) is 4.14. The molecule has 1 heterocycles. The molecular weight excluding hydrogens is 234 g/mol. The monoisotopic (exact) mass is 251 g/mol. The van der Waals surface area contributed by atoms with Crippen molar-refractivity contribution in [1.82, 2.24) is 4.98 Å². The maximum absolute atomic E-state index is 5.52. The van der Waals surface area contributed by atoms with Gasteiger partial charge in [0.1, 0.15) is 10.8 Å². The number of ether oxygens (including phenoxy) is 1. The highest BCUT2D eigenvalue weighted by atomic mass is 32.1. The smallest absolute Gasteiger partial charge is 0.126 e. The molecule has 0 saturated heterocycles. The first-order valence-corrected chi connectivity index (χ1v) is 6.16. The molecule has 2 unspecified atom stereocenters. The van der Waals surface area contributed by atoms with Crippen LogP contribution in [0.1, 0.15) is 24.8 Å². The predicted molar refractivity (Wildman–Crippen MR) is 72.2 cm³/mol. The van der Waals surface area contributed by atoms with Crippen molar-refractivity contribution in [2.75, 3.05) is 12.4 Å². The average molecular weight is 251 g/mol. The number of thiocarbonyl (C=S) groups is 1. The van der Waals surface area contributed by atoms with E-state index < -0.39 is 0 Å². The fraction of sp³-hybridized carbons (Fsp3) is 0.500. The van der Waals surface area contributed by atoms with Crippen LogP contribution in [0.3, 0.4) is 0 Å². The SMILES string of the molecule is COC1CCCC1Nc1ccc(C(N)=S)cn1. The van der Waals surface area contributed by atoms with Crippen LogP contribution in [-0.4, -0.2) is 29.2 Å². The number of methoxy groups -OCH3 is 1. The third-order valence-electron chi connectivity index (χ3n) is 3.14. The van der Waals surface area contributed by atoms with Gasteiger partial charge in [0, 0.05) is 18.9 Å². The largest absolute Gasteiger partial charge is 0.389 e. The molecule has 0 aromatic carbocycles. The van der Waals surface area contributed by atoms with Crippen LogP contribution in [0.5, 0.6) is 0 Å². The van der Waals surface area contributed by atoms with Crippen molar-refractivity contribution >= 4 is 23.0 Å². The second-order valence-electron chi connectivity index (χ2n) is 4.25. The van der Waals surface area contributed by atoms with Gasteiger partial charge < -0.3 is 15.8 Å². The van der Waals surface area contributed by atoms with Crippen molar-refractivity contribution in [3.8, 4) is 0 Å². The van der Waals surface area contributed by atoms with Crippen LogP contribution in [0.4, 0.5) is 5.82 Å². The summed E-state index contributed by atoms with van der Waals surface area (Å²) in [7, 11) is 1.76. The van der Waals surface area contributed by atoms with Crippen LogP contribution >= 0.6 is 12.2 Å². The highest BCUT2D eigenvalue weighted by Gasteiger charge is 2.26. The summed E-state index contributed by atoms with van der Waals surface area (Å²) >= 11 is 4.88. The average Bonchev–Trinajstić information content (AvgIpc) is 2.77. The summed E-state index contributed by atoms with van der Waals surface area (Å²) in [5.74, 6) is 0.846. The highest BCUT2D eigenvalue weighted by molar-refractivity contribution is 7.80. The Hall–Kier alpha value is -1.20. The number of pyridine rings is 1. The van der Waals surface area contributed by atoms with Gasteiger partial charge in [-0.05, 0) is 31.4 Å². The van der Waals surface area contributed by atoms with E-state index in [-0.39, 0.29) is 6.10 Å². The molecule has 3 N–H and O–H groups in total. The molecule has 0 amide bonds. The first kappa shape index (κ1) is 12.3. The summed E-state index contributed by atoms with van der Waals surface area (Å²) in [4.78, 5) is 4.67. The van der Waals surface area contributed by atoms with Crippen molar-refractivity contribution < 1.29 is 4.74 Å². The summed E-state index contributed by atoms with van der Waals surface area (Å²) in [5, 5.41) is 3.39. The quantitative estimate of drug-likeness (QED) is 0.798. The van der Waals surface area contributed by atoms with E-state index in [1.807, 2.05) is 12.1 Å². The molecule has 4 nitrogen and oxygen atoms in total. The Balaban J connectivity index is 2.01. The molecule has 2 rings (SSSR count). The summed E-state index contributed by atoms with van der Waals surface area (Å²) in [6.45, 7) is 0. The van der Waals surface area contributed by atoms with E-state index in [1.165, 1.54) is 6.42 Å². The Morgan fingerprint density at radius 2 is 2.35 bits per heavy atom. The van der Waals surface area contributed by atoms with E-state index in [9.17, 15) is 0 Å². The summed E-state index contributed by atoms with van der Waals surface area (Å²) < 4.78 is 5.43. The number of hydrogen-bond acceptors (Lipinski definition) is 4. The van der Waals surface area contributed by atoms with Gasteiger partial charge >= 0.3 is 0 Å². The molecule has 17 heavy (non-hydrogen) atoms. The molecule has 0 bridgehead atoms. The lowest BCUT2D eigenvalue weighted by molar-refractivity contribution is 0.101. The van der Waals surface area contributed by atoms with Gasteiger partial charge in [-0.2, -0.15) is 0 Å². The maximum Gasteiger partial charge on any atom is 0.126 e. The van der Waals surface area contributed by atoms with E-state index in [2.05, 4.69) is 10.3 Å². The first-order chi connectivity index (χ1) is 8.20. The minimum atomic E-state index is 0.284. The summed E-state index contributed by atoms with van der Waals surface area (Å²) in [5.41, 5.74) is 6.31. The van der Waals surface area contributed by atoms with Gasteiger partial charge in [-0.15, -0.1) is 0 Å². The number of aromatic nitrogens is 1. The second-order valence-corrected chi connectivity index (χ2v) is 4.69. The lowest BCUT2D eigenvalue weighted by Gasteiger charge is -2.20. The number of nitrogens with zero attached hydrogens (tertiary/aromatic N) is 1. The molecule has 0 aliphatic heterocycles. The Labute approximate surface area is 107 Å². The van der Waals surface area contributed by atoms with Crippen LogP contribution < -0.4 is 11.1 Å². The van der Waals surface area contributed by atoms with Crippen molar-refractivity contribution in [2.24, 2.45) is 5.73 Å². The highest BCUT2D eigenvalue weighted by Crippen LogP contribution is 2.24. The van der Waals surface area contributed by atoms with Gasteiger partial charge in [0.15, 0.2) is 0 Å². The maximum atomic E-state index is 5.52. The second kappa shape index (κ2) is 5.42. The van der Waals surface area contributed by atoms with E-state index in [4.69, 9.17) is 22.7 Å². The van der Waals surface area contributed by atoms with Crippen LogP contribution in [-0.2, 0) is 4.74 Å². The van der Waals surface area contributed by atoms with Crippen molar-refractivity contribution in [2.45, 2.75) is 31.4 Å². The number of hydrogen-bond donors (Lipinski definition) is 2. The molecule has 1 saturated carbocycles. The normalized spacial score (nSPS) is 23.6. The molecule has 0 radical (unpaired) electrons. The Morgan fingerprint density at radius 3 is 2.94 bits per heavy atom. The zero-order valence-electron chi connectivity index (χ0n) is 9.85. The minimum absolute atomic E-state index is 0.284. The number of anilines is 1. The van der Waals surface area contributed by atoms with Gasteiger partial charge in [0.25, 0.3) is 0 Å².